The van der Waals surface area contributed by atoms with E-state index in [1.807, 2.05) is 23.4 Å². The molecule has 0 fully saturated rings. The zero-order chi connectivity index (χ0) is 16.9. The summed E-state index contributed by atoms with van der Waals surface area (Å²) in [6.45, 7) is 1.01. The maximum Gasteiger partial charge on any atom is 0.238 e. The van der Waals surface area contributed by atoms with Crippen LogP contribution in [0.15, 0.2) is 48.4 Å². The number of amides is 1. The number of nitrogens with one attached hydrogen (secondary N) is 1. The van der Waals surface area contributed by atoms with Gasteiger partial charge in [0, 0.05) is 16.4 Å². The van der Waals surface area contributed by atoms with E-state index in [2.05, 4.69) is 21.5 Å². The first-order valence-corrected chi connectivity index (χ1v) is 8.53. The second-order valence-electron chi connectivity index (χ2n) is 5.30. The molecule has 0 spiro atoms. The van der Waals surface area contributed by atoms with E-state index in [9.17, 15) is 4.79 Å². The van der Waals surface area contributed by atoms with Crippen LogP contribution in [0.5, 0.6) is 0 Å². The summed E-state index contributed by atoms with van der Waals surface area (Å²) in [6.07, 6.45) is 3.01. The molecule has 1 amide bonds. The molecule has 2 aromatic heterocycles. The van der Waals surface area contributed by atoms with Crippen LogP contribution in [-0.2, 0) is 11.3 Å². The number of likely N-dealkylation sites (N-methyl/N-ethyl adjacent to an activating group) is 1. The number of aromatic nitrogens is 3. The molecule has 3 aromatic rings. The average molecular weight is 362 g/mol. The Hall–Kier alpha value is -2.22. The lowest BCUT2D eigenvalue weighted by Crippen LogP contribution is -2.30. The number of carbonyl (C=O) groups excluding carboxylic acids is 1. The highest BCUT2D eigenvalue weighted by molar-refractivity contribution is 7.09. The number of carbonyl (C=O) groups is 1. The smallest absolute Gasteiger partial charge is 0.238 e. The molecule has 6 nitrogen and oxygen atoms in total. The zero-order valence-corrected chi connectivity index (χ0v) is 14.6. The fraction of sp³-hybridized carbons (Fsp3) is 0.188. The molecule has 0 saturated heterocycles. The van der Waals surface area contributed by atoms with Crippen molar-refractivity contribution in [3.63, 3.8) is 0 Å². The second kappa shape index (κ2) is 7.57. The lowest BCUT2D eigenvalue weighted by molar-refractivity contribution is -0.117. The standard InChI is InChI=1S/C16H16ClN5OS/c1-21(8-13-3-2-6-24-13)9-16(23)20-14-7-12(17)4-5-15(14)22-11-18-10-19-22/h2-7,10-11H,8-9H2,1H3,(H,20,23). The van der Waals surface area contributed by atoms with Gasteiger partial charge in [0.15, 0.2) is 0 Å². The fourth-order valence-electron chi connectivity index (χ4n) is 2.30. The molecule has 0 aliphatic heterocycles. The number of nitrogens with zero attached hydrogens (tertiary/aromatic N) is 4. The van der Waals surface area contributed by atoms with E-state index < -0.39 is 0 Å². The molecule has 1 N–H and O–H groups in total. The molecule has 124 valence electrons. The number of halogens is 1. The van der Waals surface area contributed by atoms with Crippen LogP contribution in [0.3, 0.4) is 0 Å². The van der Waals surface area contributed by atoms with Gasteiger partial charge in [-0.2, -0.15) is 5.10 Å². The number of rotatable bonds is 6. The average Bonchev–Trinajstić information content (AvgIpc) is 3.20. The number of anilines is 1. The Kier molecular flexibility index (Phi) is 5.24. The van der Waals surface area contributed by atoms with Crippen LogP contribution in [0.2, 0.25) is 5.02 Å². The van der Waals surface area contributed by atoms with Crippen molar-refractivity contribution in [2.75, 3.05) is 18.9 Å². The summed E-state index contributed by atoms with van der Waals surface area (Å²) in [5.41, 5.74) is 1.31. The van der Waals surface area contributed by atoms with Crippen molar-refractivity contribution in [1.82, 2.24) is 19.7 Å². The molecule has 2 heterocycles. The molecular weight excluding hydrogens is 346 g/mol. The van der Waals surface area contributed by atoms with Crippen molar-refractivity contribution in [3.05, 3.63) is 58.3 Å². The number of hydrogen-bond acceptors (Lipinski definition) is 5. The number of hydrogen-bond donors (Lipinski definition) is 1. The van der Waals surface area contributed by atoms with Gasteiger partial charge in [-0.1, -0.05) is 17.7 Å². The minimum absolute atomic E-state index is 0.113. The van der Waals surface area contributed by atoms with Crippen LogP contribution in [0.25, 0.3) is 5.69 Å². The molecule has 0 unspecified atom stereocenters. The second-order valence-corrected chi connectivity index (χ2v) is 6.77. The maximum atomic E-state index is 12.3. The highest BCUT2D eigenvalue weighted by atomic mass is 35.5. The van der Waals surface area contributed by atoms with Gasteiger partial charge in [0.2, 0.25) is 5.91 Å². The Bertz CT molecular complexity index is 804. The summed E-state index contributed by atoms with van der Waals surface area (Å²) in [5, 5.41) is 9.57. The van der Waals surface area contributed by atoms with Gasteiger partial charge in [-0.3, -0.25) is 9.69 Å². The van der Waals surface area contributed by atoms with Gasteiger partial charge in [0.05, 0.1) is 17.9 Å². The van der Waals surface area contributed by atoms with Crippen molar-refractivity contribution in [2.45, 2.75) is 6.54 Å². The highest BCUT2D eigenvalue weighted by Crippen LogP contribution is 2.24. The summed E-state index contributed by atoms with van der Waals surface area (Å²) in [4.78, 5) is 19.5. The normalized spacial score (nSPS) is 11.0. The Morgan fingerprint density at radius 3 is 3.00 bits per heavy atom. The molecule has 1 aromatic carbocycles. The topological polar surface area (TPSA) is 63.1 Å². The van der Waals surface area contributed by atoms with E-state index >= 15 is 0 Å². The summed E-state index contributed by atoms with van der Waals surface area (Å²) in [6, 6.07) is 9.30. The molecule has 0 radical (unpaired) electrons. The van der Waals surface area contributed by atoms with Crippen molar-refractivity contribution in [2.24, 2.45) is 0 Å². The van der Waals surface area contributed by atoms with Crippen LogP contribution < -0.4 is 5.32 Å². The molecule has 0 saturated carbocycles. The Labute approximate surface area is 148 Å². The summed E-state index contributed by atoms with van der Waals surface area (Å²) < 4.78 is 1.58. The number of benzene rings is 1. The van der Waals surface area contributed by atoms with Crippen LogP contribution in [0, 0.1) is 0 Å². The summed E-state index contributed by atoms with van der Waals surface area (Å²) >= 11 is 7.73. The van der Waals surface area contributed by atoms with E-state index in [1.54, 1.807) is 40.5 Å². The molecular formula is C16H16ClN5OS. The van der Waals surface area contributed by atoms with Crippen LogP contribution in [-0.4, -0.2) is 39.2 Å². The first kappa shape index (κ1) is 16.6. The molecule has 0 atom stereocenters. The molecule has 24 heavy (non-hydrogen) atoms. The fourth-order valence-corrected chi connectivity index (χ4v) is 3.26. The summed E-state index contributed by atoms with van der Waals surface area (Å²) in [5.74, 6) is -0.113. The van der Waals surface area contributed by atoms with Gasteiger partial charge >= 0.3 is 0 Å². The van der Waals surface area contributed by atoms with Crippen molar-refractivity contribution in [1.29, 1.82) is 0 Å². The predicted octanol–water partition coefficient (Wildman–Crippen LogP) is 3.05. The lowest BCUT2D eigenvalue weighted by atomic mass is 10.2. The third-order valence-electron chi connectivity index (χ3n) is 3.32. The van der Waals surface area contributed by atoms with Gasteiger partial charge in [0.1, 0.15) is 12.7 Å². The maximum absolute atomic E-state index is 12.3. The molecule has 0 aliphatic carbocycles. The van der Waals surface area contributed by atoms with Gasteiger partial charge in [-0.15, -0.1) is 11.3 Å². The number of thiophene rings is 1. The lowest BCUT2D eigenvalue weighted by Gasteiger charge is -2.16. The Balaban J connectivity index is 1.69. The SMILES string of the molecule is CN(CC(=O)Nc1cc(Cl)ccc1-n1cncn1)Cc1cccs1. The van der Waals surface area contributed by atoms with E-state index in [0.29, 0.717) is 16.4 Å². The van der Waals surface area contributed by atoms with Crippen LogP contribution >= 0.6 is 22.9 Å². The van der Waals surface area contributed by atoms with E-state index in [0.717, 1.165) is 6.54 Å². The molecule has 8 heteroatoms. The molecule has 0 bridgehead atoms. The monoisotopic (exact) mass is 361 g/mol. The first-order valence-electron chi connectivity index (χ1n) is 7.27. The minimum atomic E-state index is -0.113. The van der Waals surface area contributed by atoms with Gasteiger partial charge in [0.25, 0.3) is 0 Å². The van der Waals surface area contributed by atoms with E-state index in [4.69, 9.17) is 11.6 Å². The first-order chi connectivity index (χ1) is 11.6. The van der Waals surface area contributed by atoms with Crippen molar-refractivity contribution >= 4 is 34.5 Å². The zero-order valence-electron chi connectivity index (χ0n) is 13.0. The quantitative estimate of drug-likeness (QED) is 0.733. The van der Waals surface area contributed by atoms with Gasteiger partial charge < -0.3 is 5.32 Å². The van der Waals surface area contributed by atoms with Crippen LogP contribution in [0.1, 0.15) is 4.88 Å². The highest BCUT2D eigenvalue weighted by Gasteiger charge is 2.12. The third-order valence-corrected chi connectivity index (χ3v) is 4.41. The van der Waals surface area contributed by atoms with E-state index in [1.165, 1.54) is 11.2 Å². The van der Waals surface area contributed by atoms with Crippen molar-refractivity contribution < 1.29 is 4.79 Å². The van der Waals surface area contributed by atoms with Gasteiger partial charge in [-0.25, -0.2) is 9.67 Å². The molecule has 0 aliphatic rings. The van der Waals surface area contributed by atoms with E-state index in [-0.39, 0.29) is 12.5 Å². The third kappa shape index (κ3) is 4.19. The molecule has 3 rings (SSSR count). The van der Waals surface area contributed by atoms with Crippen LogP contribution in [0.4, 0.5) is 5.69 Å². The minimum Gasteiger partial charge on any atom is -0.323 e. The Morgan fingerprint density at radius 1 is 1.42 bits per heavy atom. The largest absolute Gasteiger partial charge is 0.323 e. The van der Waals surface area contributed by atoms with Gasteiger partial charge in [-0.05, 0) is 36.7 Å². The van der Waals surface area contributed by atoms with Crippen molar-refractivity contribution in [3.8, 4) is 5.69 Å². The summed E-state index contributed by atoms with van der Waals surface area (Å²) in [7, 11) is 1.91. The Morgan fingerprint density at radius 2 is 2.29 bits per heavy atom. The predicted molar refractivity (Wildman–Crippen MR) is 95.7 cm³/mol.